The van der Waals surface area contributed by atoms with Crippen molar-refractivity contribution in [3.63, 3.8) is 0 Å². The normalized spacial score (nSPS) is 12.6. The van der Waals surface area contributed by atoms with E-state index in [1.54, 1.807) is 11.3 Å². The molecule has 1 aromatic heterocycles. The second-order valence-corrected chi connectivity index (χ2v) is 5.73. The molecule has 18 heavy (non-hydrogen) atoms. The van der Waals surface area contributed by atoms with Gasteiger partial charge in [-0.25, -0.2) is 0 Å². The standard InChI is InChI=1S/C12H13Cl2N3S/c13-11-2-1-3-12(14)10(11)5-8(17-15)4-9-6-16-7-18-9/h1-3,6-8,17H,4-5,15H2. The lowest BCUT2D eigenvalue weighted by Gasteiger charge is -2.16. The summed E-state index contributed by atoms with van der Waals surface area (Å²) in [6.07, 6.45) is 3.35. The number of nitrogens with one attached hydrogen (secondary N) is 1. The molecule has 0 saturated carbocycles. The highest BCUT2D eigenvalue weighted by molar-refractivity contribution is 7.09. The summed E-state index contributed by atoms with van der Waals surface area (Å²) < 4.78 is 0. The summed E-state index contributed by atoms with van der Waals surface area (Å²) in [5.74, 6) is 5.59. The van der Waals surface area contributed by atoms with Crippen LogP contribution >= 0.6 is 34.5 Å². The summed E-state index contributed by atoms with van der Waals surface area (Å²) in [6.45, 7) is 0. The minimum Gasteiger partial charge on any atom is -0.271 e. The van der Waals surface area contributed by atoms with E-state index in [1.165, 1.54) is 4.88 Å². The lowest BCUT2D eigenvalue weighted by atomic mass is 10.0. The van der Waals surface area contributed by atoms with Crippen molar-refractivity contribution in [2.45, 2.75) is 18.9 Å². The molecule has 1 atom stereocenters. The number of nitrogens with zero attached hydrogens (tertiary/aromatic N) is 1. The van der Waals surface area contributed by atoms with E-state index in [1.807, 2.05) is 29.9 Å². The van der Waals surface area contributed by atoms with Gasteiger partial charge in [0.15, 0.2) is 0 Å². The van der Waals surface area contributed by atoms with E-state index in [0.717, 1.165) is 12.0 Å². The van der Waals surface area contributed by atoms with Gasteiger partial charge in [-0.05, 0) is 24.1 Å². The van der Waals surface area contributed by atoms with Crippen LogP contribution in [-0.4, -0.2) is 11.0 Å². The number of aromatic nitrogens is 1. The molecule has 6 heteroatoms. The molecule has 1 aromatic carbocycles. The first-order chi connectivity index (χ1) is 8.70. The summed E-state index contributed by atoms with van der Waals surface area (Å²) in [5, 5.41) is 1.35. The monoisotopic (exact) mass is 301 g/mol. The number of benzene rings is 1. The molecule has 0 amide bonds. The first-order valence-corrected chi connectivity index (χ1v) is 7.10. The molecule has 1 unspecified atom stereocenters. The van der Waals surface area contributed by atoms with Gasteiger partial charge in [-0.1, -0.05) is 29.3 Å². The van der Waals surface area contributed by atoms with Crippen LogP contribution in [0.25, 0.3) is 0 Å². The highest BCUT2D eigenvalue weighted by atomic mass is 35.5. The smallest absolute Gasteiger partial charge is 0.0794 e. The Balaban J connectivity index is 2.10. The first-order valence-electron chi connectivity index (χ1n) is 5.47. The molecule has 0 aliphatic rings. The average Bonchev–Trinajstić information content (AvgIpc) is 2.85. The minimum absolute atomic E-state index is 0.0860. The van der Waals surface area contributed by atoms with Gasteiger partial charge < -0.3 is 0 Å². The topological polar surface area (TPSA) is 50.9 Å². The highest BCUT2D eigenvalue weighted by Crippen LogP contribution is 2.26. The van der Waals surface area contributed by atoms with E-state index in [4.69, 9.17) is 29.0 Å². The third kappa shape index (κ3) is 3.43. The third-order valence-electron chi connectivity index (χ3n) is 2.68. The molecular formula is C12H13Cl2N3S. The van der Waals surface area contributed by atoms with Crippen LogP contribution in [0.5, 0.6) is 0 Å². The van der Waals surface area contributed by atoms with Crippen molar-refractivity contribution in [2.75, 3.05) is 0 Å². The molecule has 3 nitrogen and oxygen atoms in total. The van der Waals surface area contributed by atoms with Crippen LogP contribution < -0.4 is 11.3 Å². The maximum atomic E-state index is 6.15. The Bertz CT molecular complexity index is 482. The predicted molar refractivity (Wildman–Crippen MR) is 77.1 cm³/mol. The number of halogens is 2. The van der Waals surface area contributed by atoms with Gasteiger partial charge in [0.25, 0.3) is 0 Å². The Kier molecular flexibility index (Phi) is 4.97. The molecule has 0 saturated heterocycles. The Morgan fingerprint density at radius 2 is 2.00 bits per heavy atom. The number of hydrogen-bond donors (Lipinski definition) is 2. The van der Waals surface area contributed by atoms with E-state index in [-0.39, 0.29) is 6.04 Å². The largest absolute Gasteiger partial charge is 0.271 e. The Morgan fingerprint density at radius 1 is 1.28 bits per heavy atom. The molecule has 0 bridgehead atoms. The van der Waals surface area contributed by atoms with Gasteiger partial charge >= 0.3 is 0 Å². The summed E-state index contributed by atoms with van der Waals surface area (Å²) in [4.78, 5) is 5.23. The second kappa shape index (κ2) is 6.50. The molecular weight excluding hydrogens is 289 g/mol. The lowest BCUT2D eigenvalue weighted by molar-refractivity contribution is 0.525. The molecule has 1 heterocycles. The van der Waals surface area contributed by atoms with Crippen LogP contribution in [0.3, 0.4) is 0 Å². The van der Waals surface area contributed by atoms with Gasteiger partial charge in [-0.3, -0.25) is 16.3 Å². The van der Waals surface area contributed by atoms with Crippen LogP contribution in [0.1, 0.15) is 10.4 Å². The quantitative estimate of drug-likeness (QED) is 0.659. The Labute approximate surface area is 120 Å². The molecule has 0 fully saturated rings. The number of nitrogens with two attached hydrogens (primary N) is 1. The third-order valence-corrected chi connectivity index (χ3v) is 4.19. The van der Waals surface area contributed by atoms with Gasteiger partial charge in [0.2, 0.25) is 0 Å². The van der Waals surface area contributed by atoms with E-state index in [2.05, 4.69) is 10.4 Å². The highest BCUT2D eigenvalue weighted by Gasteiger charge is 2.14. The summed E-state index contributed by atoms with van der Waals surface area (Å²) in [7, 11) is 0. The Hall–Kier alpha value is -0.650. The zero-order valence-electron chi connectivity index (χ0n) is 9.57. The van der Waals surface area contributed by atoms with Gasteiger partial charge in [0.1, 0.15) is 0 Å². The van der Waals surface area contributed by atoms with Crippen molar-refractivity contribution in [3.8, 4) is 0 Å². The molecule has 0 aliphatic heterocycles. The van der Waals surface area contributed by atoms with Crippen LogP contribution in [0.4, 0.5) is 0 Å². The minimum atomic E-state index is 0.0860. The maximum absolute atomic E-state index is 6.15. The number of hydrazine groups is 1. The molecule has 0 aliphatic carbocycles. The van der Waals surface area contributed by atoms with Crippen molar-refractivity contribution in [2.24, 2.45) is 5.84 Å². The van der Waals surface area contributed by atoms with E-state index in [9.17, 15) is 0 Å². The zero-order chi connectivity index (χ0) is 13.0. The fourth-order valence-corrected chi connectivity index (χ4v) is 2.98. The predicted octanol–water partition coefficient (Wildman–Crippen LogP) is 3.07. The Morgan fingerprint density at radius 3 is 2.56 bits per heavy atom. The van der Waals surface area contributed by atoms with E-state index >= 15 is 0 Å². The van der Waals surface area contributed by atoms with Crippen molar-refractivity contribution in [1.29, 1.82) is 0 Å². The lowest BCUT2D eigenvalue weighted by Crippen LogP contribution is -2.38. The number of thiazole rings is 1. The zero-order valence-corrected chi connectivity index (χ0v) is 11.9. The first kappa shape index (κ1) is 13.8. The van der Waals surface area contributed by atoms with Gasteiger partial charge in [-0.15, -0.1) is 11.3 Å². The van der Waals surface area contributed by atoms with E-state index in [0.29, 0.717) is 16.5 Å². The van der Waals surface area contributed by atoms with Crippen molar-refractivity contribution >= 4 is 34.5 Å². The average molecular weight is 302 g/mol. The van der Waals surface area contributed by atoms with Crippen LogP contribution in [0, 0.1) is 0 Å². The molecule has 0 spiro atoms. The number of rotatable bonds is 5. The van der Waals surface area contributed by atoms with Crippen molar-refractivity contribution < 1.29 is 0 Å². The molecule has 0 radical (unpaired) electrons. The SMILES string of the molecule is NNC(Cc1cncs1)Cc1c(Cl)cccc1Cl. The maximum Gasteiger partial charge on any atom is 0.0794 e. The van der Waals surface area contributed by atoms with Gasteiger partial charge in [0, 0.05) is 33.6 Å². The molecule has 3 N–H and O–H groups in total. The van der Waals surface area contributed by atoms with Crippen LogP contribution in [-0.2, 0) is 12.8 Å². The summed E-state index contributed by atoms with van der Waals surface area (Å²) >= 11 is 13.9. The van der Waals surface area contributed by atoms with Crippen molar-refractivity contribution in [1.82, 2.24) is 10.4 Å². The second-order valence-electron chi connectivity index (χ2n) is 3.94. The van der Waals surface area contributed by atoms with Gasteiger partial charge in [-0.2, -0.15) is 0 Å². The van der Waals surface area contributed by atoms with Crippen molar-refractivity contribution in [3.05, 3.63) is 50.4 Å². The molecule has 2 aromatic rings. The summed E-state index contributed by atoms with van der Waals surface area (Å²) in [6, 6.07) is 5.59. The van der Waals surface area contributed by atoms with Gasteiger partial charge in [0.05, 0.1) is 5.51 Å². The summed E-state index contributed by atoms with van der Waals surface area (Å²) in [5.41, 5.74) is 5.54. The fraction of sp³-hybridized carbons (Fsp3) is 0.250. The molecule has 96 valence electrons. The fourth-order valence-electron chi connectivity index (χ4n) is 1.75. The van der Waals surface area contributed by atoms with Crippen LogP contribution in [0.2, 0.25) is 10.0 Å². The van der Waals surface area contributed by atoms with Crippen LogP contribution in [0.15, 0.2) is 29.9 Å². The molecule has 2 rings (SSSR count). The number of hydrogen-bond acceptors (Lipinski definition) is 4. The van der Waals surface area contributed by atoms with E-state index < -0.39 is 0 Å².